The van der Waals surface area contributed by atoms with Crippen LogP contribution in [0, 0.1) is 0 Å². The molecule has 0 radical (unpaired) electrons. The van der Waals surface area contributed by atoms with Crippen LogP contribution in [0.4, 0.5) is 0 Å². The lowest BCUT2D eigenvalue weighted by Gasteiger charge is -2.13. The molecule has 0 aliphatic carbocycles. The second-order valence-electron chi connectivity index (χ2n) is 5.17. The van der Waals surface area contributed by atoms with Crippen LogP contribution in [0.3, 0.4) is 0 Å². The Hall–Kier alpha value is -0.610. The summed E-state index contributed by atoms with van der Waals surface area (Å²) >= 11 is 0. The number of unbranched alkanes of at least 4 members (excludes halogenated alkanes) is 1. The van der Waals surface area contributed by atoms with E-state index in [2.05, 4.69) is 20.4 Å². The van der Waals surface area contributed by atoms with Gasteiger partial charge < -0.3 is 24.8 Å². The first-order valence-electron chi connectivity index (χ1n) is 7.97. The van der Waals surface area contributed by atoms with Gasteiger partial charge in [-0.15, -0.1) is 24.0 Å². The zero-order valence-corrected chi connectivity index (χ0v) is 16.5. The molecule has 8 heteroatoms. The van der Waals surface area contributed by atoms with Crippen molar-refractivity contribution in [1.29, 1.82) is 0 Å². The van der Waals surface area contributed by atoms with Crippen LogP contribution in [0.2, 0.25) is 0 Å². The van der Waals surface area contributed by atoms with Crippen molar-refractivity contribution in [2.75, 3.05) is 47.1 Å². The number of guanidine groups is 1. The minimum Gasteiger partial charge on any atom is -0.469 e. The van der Waals surface area contributed by atoms with Crippen molar-refractivity contribution < 1.29 is 19.0 Å². The number of carbonyl (C=O) groups is 1. The van der Waals surface area contributed by atoms with Crippen LogP contribution >= 0.6 is 24.0 Å². The van der Waals surface area contributed by atoms with Crippen molar-refractivity contribution in [3.05, 3.63) is 0 Å². The highest BCUT2D eigenvalue weighted by molar-refractivity contribution is 14.0. The molecular weight excluding hydrogens is 413 g/mol. The Morgan fingerprint density at radius 2 is 2.00 bits per heavy atom. The molecule has 1 aliphatic heterocycles. The van der Waals surface area contributed by atoms with E-state index in [0.29, 0.717) is 6.42 Å². The predicted molar refractivity (Wildman–Crippen MR) is 100 cm³/mol. The number of hydrogen-bond donors (Lipinski definition) is 2. The van der Waals surface area contributed by atoms with Crippen molar-refractivity contribution in [3.8, 4) is 0 Å². The number of aliphatic imine (C=N–C) groups is 1. The summed E-state index contributed by atoms with van der Waals surface area (Å²) in [7, 11) is 3.16. The fourth-order valence-corrected chi connectivity index (χ4v) is 2.10. The summed E-state index contributed by atoms with van der Waals surface area (Å²) in [5.41, 5.74) is 0. The zero-order chi connectivity index (χ0) is 16.0. The molecule has 1 aliphatic rings. The van der Waals surface area contributed by atoms with E-state index in [-0.39, 0.29) is 36.0 Å². The molecule has 0 saturated carbocycles. The SMILES string of the molecule is CN=C(NCCCCC(=O)OC)NCCCOC1CCOC1.I. The van der Waals surface area contributed by atoms with E-state index >= 15 is 0 Å². The van der Waals surface area contributed by atoms with E-state index in [1.807, 2.05) is 0 Å². The summed E-state index contributed by atoms with van der Waals surface area (Å²) in [6.45, 7) is 3.87. The molecule has 2 N–H and O–H groups in total. The first-order valence-corrected chi connectivity index (χ1v) is 7.97. The monoisotopic (exact) mass is 443 g/mol. The van der Waals surface area contributed by atoms with Crippen LogP contribution < -0.4 is 10.6 Å². The molecule has 136 valence electrons. The number of ether oxygens (including phenoxy) is 3. The molecule has 1 saturated heterocycles. The number of nitrogens with zero attached hydrogens (tertiary/aromatic N) is 1. The molecule has 0 spiro atoms. The van der Waals surface area contributed by atoms with Gasteiger partial charge in [-0.3, -0.25) is 9.79 Å². The summed E-state index contributed by atoms with van der Waals surface area (Å²) in [5, 5.41) is 6.46. The van der Waals surface area contributed by atoms with Gasteiger partial charge in [0.05, 0.1) is 19.8 Å². The highest BCUT2D eigenvalue weighted by atomic mass is 127. The van der Waals surface area contributed by atoms with Gasteiger partial charge in [-0.2, -0.15) is 0 Å². The fraction of sp³-hybridized carbons (Fsp3) is 0.867. The molecule has 1 rings (SSSR count). The minimum absolute atomic E-state index is 0. The number of halogens is 1. The molecule has 1 atom stereocenters. The second-order valence-corrected chi connectivity index (χ2v) is 5.17. The van der Waals surface area contributed by atoms with Crippen molar-refractivity contribution in [2.45, 2.75) is 38.2 Å². The average molecular weight is 443 g/mol. The lowest BCUT2D eigenvalue weighted by Crippen LogP contribution is -2.38. The molecule has 0 aromatic carbocycles. The third-order valence-corrected chi connectivity index (χ3v) is 3.41. The van der Waals surface area contributed by atoms with Crippen LogP contribution in [0.1, 0.15) is 32.1 Å². The Morgan fingerprint density at radius 1 is 1.26 bits per heavy atom. The molecule has 0 aromatic heterocycles. The molecule has 0 aromatic rings. The van der Waals surface area contributed by atoms with Crippen LogP contribution in [0.5, 0.6) is 0 Å². The average Bonchev–Trinajstić information content (AvgIpc) is 3.05. The summed E-state index contributed by atoms with van der Waals surface area (Å²) in [5.74, 6) is 0.623. The first-order chi connectivity index (χ1) is 10.8. The lowest BCUT2D eigenvalue weighted by molar-refractivity contribution is -0.140. The summed E-state index contributed by atoms with van der Waals surface area (Å²) in [6.07, 6.45) is 4.38. The molecule has 1 heterocycles. The molecule has 0 bridgehead atoms. The Morgan fingerprint density at radius 3 is 2.61 bits per heavy atom. The van der Waals surface area contributed by atoms with E-state index < -0.39 is 0 Å². The van der Waals surface area contributed by atoms with Crippen LogP contribution in [-0.2, 0) is 19.0 Å². The van der Waals surface area contributed by atoms with Gasteiger partial charge in [-0.25, -0.2) is 0 Å². The van der Waals surface area contributed by atoms with E-state index in [0.717, 1.165) is 64.6 Å². The van der Waals surface area contributed by atoms with Gasteiger partial charge in [-0.1, -0.05) is 0 Å². The number of nitrogens with one attached hydrogen (secondary N) is 2. The normalized spacial score (nSPS) is 17.5. The maximum Gasteiger partial charge on any atom is 0.305 e. The molecular formula is C15H30IN3O4. The van der Waals surface area contributed by atoms with Gasteiger partial charge in [0.1, 0.15) is 0 Å². The molecule has 7 nitrogen and oxygen atoms in total. The fourth-order valence-electron chi connectivity index (χ4n) is 2.10. The second kappa shape index (κ2) is 14.9. The van der Waals surface area contributed by atoms with Crippen molar-refractivity contribution in [2.24, 2.45) is 4.99 Å². The van der Waals surface area contributed by atoms with Crippen LogP contribution in [-0.4, -0.2) is 65.1 Å². The smallest absolute Gasteiger partial charge is 0.305 e. The van der Waals surface area contributed by atoms with Gasteiger partial charge in [0.2, 0.25) is 0 Å². The van der Waals surface area contributed by atoms with E-state index in [4.69, 9.17) is 9.47 Å². The highest BCUT2D eigenvalue weighted by Crippen LogP contribution is 2.07. The minimum atomic E-state index is -0.157. The van der Waals surface area contributed by atoms with E-state index in [1.54, 1.807) is 7.05 Å². The summed E-state index contributed by atoms with van der Waals surface area (Å²) in [4.78, 5) is 15.1. The van der Waals surface area contributed by atoms with Crippen molar-refractivity contribution in [1.82, 2.24) is 10.6 Å². The molecule has 1 unspecified atom stereocenters. The number of carbonyl (C=O) groups excluding carboxylic acids is 1. The Kier molecular flexibility index (Phi) is 14.6. The van der Waals surface area contributed by atoms with Crippen molar-refractivity contribution in [3.63, 3.8) is 0 Å². The third kappa shape index (κ3) is 11.5. The standard InChI is InChI=1S/C15H29N3O4.HI/c1-16-15(17-8-4-3-6-14(19)20-2)18-9-5-10-22-13-7-11-21-12-13;/h13H,3-12H2,1-2H3,(H2,16,17,18);1H. The van der Waals surface area contributed by atoms with Gasteiger partial charge in [0.15, 0.2) is 5.96 Å². The predicted octanol–water partition coefficient (Wildman–Crippen LogP) is 1.31. The Bertz CT molecular complexity index is 337. The zero-order valence-electron chi connectivity index (χ0n) is 14.1. The Labute approximate surface area is 155 Å². The highest BCUT2D eigenvalue weighted by Gasteiger charge is 2.15. The number of methoxy groups -OCH3 is 1. The molecule has 23 heavy (non-hydrogen) atoms. The summed E-state index contributed by atoms with van der Waals surface area (Å²) < 4.78 is 15.5. The van der Waals surface area contributed by atoms with E-state index in [9.17, 15) is 4.79 Å². The maximum absolute atomic E-state index is 11.0. The van der Waals surface area contributed by atoms with Crippen LogP contribution in [0.25, 0.3) is 0 Å². The number of esters is 1. The summed E-state index contributed by atoms with van der Waals surface area (Å²) in [6, 6.07) is 0. The van der Waals surface area contributed by atoms with Gasteiger partial charge in [-0.05, 0) is 25.7 Å². The largest absolute Gasteiger partial charge is 0.469 e. The molecule has 0 amide bonds. The first kappa shape index (κ1) is 22.4. The molecule has 1 fully saturated rings. The Balaban J connectivity index is 0.00000484. The van der Waals surface area contributed by atoms with Crippen LogP contribution in [0.15, 0.2) is 4.99 Å². The quantitative estimate of drug-likeness (QED) is 0.174. The van der Waals surface area contributed by atoms with Gasteiger partial charge >= 0.3 is 5.97 Å². The van der Waals surface area contributed by atoms with E-state index in [1.165, 1.54) is 7.11 Å². The number of rotatable bonds is 10. The lowest BCUT2D eigenvalue weighted by atomic mass is 10.2. The van der Waals surface area contributed by atoms with Gasteiger partial charge in [0.25, 0.3) is 0 Å². The van der Waals surface area contributed by atoms with Gasteiger partial charge in [0, 0.05) is 39.8 Å². The number of hydrogen-bond acceptors (Lipinski definition) is 5. The third-order valence-electron chi connectivity index (χ3n) is 3.41. The van der Waals surface area contributed by atoms with Crippen molar-refractivity contribution >= 4 is 35.9 Å². The topological polar surface area (TPSA) is 81.2 Å². The maximum atomic E-state index is 11.0.